The molecule has 0 spiro atoms. The van der Waals surface area contributed by atoms with Gasteiger partial charge in [0.2, 0.25) is 5.95 Å². The highest BCUT2D eigenvalue weighted by Gasteiger charge is 2.35. The predicted octanol–water partition coefficient (Wildman–Crippen LogP) is 11.9. The normalized spacial score (nSPS) is 13.0. The Labute approximate surface area is 302 Å². The van der Waals surface area contributed by atoms with E-state index < -0.39 is 0 Å². The van der Waals surface area contributed by atoms with Gasteiger partial charge in [-0.05, 0) is 51.1 Å². The summed E-state index contributed by atoms with van der Waals surface area (Å²) in [5, 5.41) is 2.31. The van der Waals surface area contributed by atoms with Gasteiger partial charge in [-0.1, -0.05) is 172 Å². The van der Waals surface area contributed by atoms with Crippen molar-refractivity contribution in [2.45, 2.75) is 19.3 Å². The van der Waals surface area contributed by atoms with Crippen molar-refractivity contribution in [3.05, 3.63) is 181 Å². The third kappa shape index (κ3) is 4.72. The van der Waals surface area contributed by atoms with Crippen LogP contribution < -0.4 is 0 Å². The number of benzene rings is 7. The van der Waals surface area contributed by atoms with Crippen LogP contribution in [-0.2, 0) is 5.41 Å². The first-order valence-corrected chi connectivity index (χ1v) is 17.8. The summed E-state index contributed by atoms with van der Waals surface area (Å²) in [7, 11) is 0. The van der Waals surface area contributed by atoms with E-state index in [0.29, 0.717) is 17.6 Å². The van der Waals surface area contributed by atoms with Gasteiger partial charge in [0, 0.05) is 32.9 Å². The van der Waals surface area contributed by atoms with Crippen molar-refractivity contribution in [3.8, 4) is 62.1 Å². The molecule has 0 atom stereocenters. The summed E-state index contributed by atoms with van der Waals surface area (Å²) in [6.07, 6.45) is 0. The molecule has 0 amide bonds. The molecule has 246 valence electrons. The molecular formula is C48H34N4. The smallest absolute Gasteiger partial charge is 0.238 e. The summed E-state index contributed by atoms with van der Waals surface area (Å²) in [4.78, 5) is 15.8. The maximum atomic E-state index is 5.33. The largest absolute Gasteiger partial charge is 0.277 e. The first-order valence-electron chi connectivity index (χ1n) is 17.8. The fraction of sp³-hybridized carbons (Fsp3) is 0.0625. The predicted molar refractivity (Wildman–Crippen MR) is 213 cm³/mol. The van der Waals surface area contributed by atoms with Crippen molar-refractivity contribution in [2.75, 3.05) is 0 Å². The molecule has 4 heteroatoms. The Balaban J connectivity index is 1.23. The van der Waals surface area contributed by atoms with E-state index >= 15 is 0 Å². The molecule has 1 aliphatic carbocycles. The number of fused-ring (bicyclic) bond motifs is 6. The first kappa shape index (κ1) is 30.2. The van der Waals surface area contributed by atoms with Crippen LogP contribution in [0.1, 0.15) is 25.0 Å². The number of aromatic nitrogens is 4. The van der Waals surface area contributed by atoms with E-state index in [4.69, 9.17) is 15.0 Å². The zero-order chi connectivity index (χ0) is 34.8. The van der Waals surface area contributed by atoms with Crippen LogP contribution in [0, 0.1) is 0 Å². The maximum Gasteiger partial charge on any atom is 0.238 e. The quantitative estimate of drug-likeness (QED) is 0.184. The third-order valence-corrected chi connectivity index (χ3v) is 10.7. The van der Waals surface area contributed by atoms with E-state index in [1.54, 1.807) is 0 Å². The SMILES string of the molecule is CC1(C)c2ccccc2-c2ccc(-c3nc(-c4ccc(-c5ccccc5)cc4)nc(-n4c5ccccc5c5cccc(-c6ccccc6)c54)n3)cc21. The molecule has 2 heterocycles. The van der Waals surface area contributed by atoms with Gasteiger partial charge in [0.1, 0.15) is 0 Å². The summed E-state index contributed by atoms with van der Waals surface area (Å²) in [5.41, 5.74) is 13.7. The monoisotopic (exact) mass is 666 g/mol. The Kier molecular flexibility index (Phi) is 6.80. The molecule has 0 saturated heterocycles. The number of hydrogen-bond acceptors (Lipinski definition) is 3. The van der Waals surface area contributed by atoms with E-state index in [9.17, 15) is 0 Å². The minimum atomic E-state index is -0.148. The summed E-state index contributed by atoms with van der Waals surface area (Å²) in [6, 6.07) is 60.1. The number of nitrogens with zero attached hydrogens (tertiary/aromatic N) is 4. The van der Waals surface area contributed by atoms with Crippen molar-refractivity contribution in [2.24, 2.45) is 0 Å². The Morgan fingerprint density at radius 1 is 0.404 bits per heavy atom. The maximum absolute atomic E-state index is 5.33. The van der Waals surface area contributed by atoms with Gasteiger partial charge in [-0.2, -0.15) is 9.97 Å². The van der Waals surface area contributed by atoms with E-state index in [2.05, 4.69) is 182 Å². The second-order valence-corrected chi connectivity index (χ2v) is 14.1. The zero-order valence-corrected chi connectivity index (χ0v) is 29.0. The molecule has 10 rings (SSSR count). The molecule has 0 N–H and O–H groups in total. The van der Waals surface area contributed by atoms with Crippen molar-refractivity contribution in [1.82, 2.24) is 19.5 Å². The van der Waals surface area contributed by atoms with Crippen LogP contribution in [0.25, 0.3) is 83.9 Å². The molecule has 0 aliphatic heterocycles. The van der Waals surface area contributed by atoms with Crippen molar-refractivity contribution in [1.29, 1.82) is 0 Å². The molecule has 7 aromatic carbocycles. The van der Waals surface area contributed by atoms with Gasteiger partial charge in [0.15, 0.2) is 11.6 Å². The molecule has 0 radical (unpaired) electrons. The molecule has 9 aromatic rings. The summed E-state index contributed by atoms with van der Waals surface area (Å²) >= 11 is 0. The average Bonchev–Trinajstić information content (AvgIpc) is 3.67. The molecule has 0 unspecified atom stereocenters. The highest BCUT2D eigenvalue weighted by atomic mass is 15.2. The second kappa shape index (κ2) is 11.7. The Bertz CT molecular complexity index is 2800. The molecule has 0 fully saturated rings. The lowest BCUT2D eigenvalue weighted by Gasteiger charge is -2.21. The summed E-state index contributed by atoms with van der Waals surface area (Å²) in [6.45, 7) is 4.62. The molecule has 52 heavy (non-hydrogen) atoms. The fourth-order valence-electron chi connectivity index (χ4n) is 8.09. The van der Waals surface area contributed by atoms with Gasteiger partial charge in [0.25, 0.3) is 0 Å². The standard InChI is InChI=1S/C48H34N4/c1-48(2)41-22-11-9-18-37(41)38-29-28-35(30-42(38)48)46-49-45(34-26-24-32(25-27-34)31-14-5-3-6-15-31)50-47(51-46)52-43-23-12-10-19-39(43)40-21-13-20-36(44(40)52)33-16-7-4-8-17-33/h3-30H,1-2H3. The average molecular weight is 667 g/mol. The van der Waals surface area contributed by atoms with Gasteiger partial charge >= 0.3 is 0 Å². The lowest BCUT2D eigenvalue weighted by atomic mass is 9.82. The van der Waals surface area contributed by atoms with Gasteiger partial charge in [-0.15, -0.1) is 0 Å². The summed E-state index contributed by atoms with van der Waals surface area (Å²) < 4.78 is 2.23. The van der Waals surface area contributed by atoms with Crippen LogP contribution >= 0.6 is 0 Å². The van der Waals surface area contributed by atoms with Crippen LogP contribution in [0.2, 0.25) is 0 Å². The number of para-hydroxylation sites is 2. The fourth-order valence-corrected chi connectivity index (χ4v) is 8.09. The van der Waals surface area contributed by atoms with E-state index in [-0.39, 0.29) is 5.41 Å². The minimum absolute atomic E-state index is 0.148. The van der Waals surface area contributed by atoms with Gasteiger partial charge < -0.3 is 0 Å². The van der Waals surface area contributed by atoms with E-state index in [0.717, 1.165) is 49.6 Å². The Morgan fingerprint density at radius 3 is 1.75 bits per heavy atom. The van der Waals surface area contributed by atoms with Crippen molar-refractivity contribution >= 4 is 21.8 Å². The van der Waals surface area contributed by atoms with Crippen LogP contribution in [0.3, 0.4) is 0 Å². The molecule has 0 bridgehead atoms. The van der Waals surface area contributed by atoms with Crippen LogP contribution in [-0.4, -0.2) is 19.5 Å². The molecule has 2 aromatic heterocycles. The van der Waals surface area contributed by atoms with Crippen molar-refractivity contribution in [3.63, 3.8) is 0 Å². The molecular weight excluding hydrogens is 633 g/mol. The second-order valence-electron chi connectivity index (χ2n) is 14.1. The topological polar surface area (TPSA) is 43.6 Å². The zero-order valence-electron chi connectivity index (χ0n) is 29.0. The number of hydrogen-bond donors (Lipinski definition) is 0. The van der Waals surface area contributed by atoms with Gasteiger partial charge in [0.05, 0.1) is 11.0 Å². The number of rotatable bonds is 5. The highest BCUT2D eigenvalue weighted by molar-refractivity contribution is 6.13. The van der Waals surface area contributed by atoms with Crippen LogP contribution in [0.5, 0.6) is 0 Å². The van der Waals surface area contributed by atoms with Crippen LogP contribution in [0.4, 0.5) is 0 Å². The molecule has 1 aliphatic rings. The Morgan fingerprint density at radius 2 is 0.962 bits per heavy atom. The van der Waals surface area contributed by atoms with E-state index in [1.807, 2.05) is 6.07 Å². The Hall–Kier alpha value is -6.65. The molecule has 4 nitrogen and oxygen atoms in total. The highest BCUT2D eigenvalue weighted by Crippen LogP contribution is 2.49. The summed E-state index contributed by atoms with van der Waals surface area (Å²) in [5.74, 6) is 1.86. The minimum Gasteiger partial charge on any atom is -0.277 e. The lowest BCUT2D eigenvalue weighted by Crippen LogP contribution is -2.15. The first-order chi connectivity index (χ1) is 25.5. The molecule has 0 saturated carbocycles. The van der Waals surface area contributed by atoms with Gasteiger partial charge in [-0.25, -0.2) is 4.98 Å². The van der Waals surface area contributed by atoms with Crippen molar-refractivity contribution < 1.29 is 0 Å². The lowest BCUT2D eigenvalue weighted by molar-refractivity contribution is 0.660. The van der Waals surface area contributed by atoms with Gasteiger partial charge in [-0.3, -0.25) is 4.57 Å². The van der Waals surface area contributed by atoms with E-state index in [1.165, 1.54) is 27.8 Å². The third-order valence-electron chi connectivity index (χ3n) is 10.7. The van der Waals surface area contributed by atoms with Crippen LogP contribution in [0.15, 0.2) is 170 Å².